The number of nitrogens with zero attached hydrogens (tertiary/aromatic N) is 1. The Labute approximate surface area is 117 Å². The van der Waals surface area contributed by atoms with E-state index in [2.05, 4.69) is 0 Å². The Hall–Kier alpha value is -2.17. The van der Waals surface area contributed by atoms with Crippen molar-refractivity contribution in [3.8, 4) is 0 Å². The largest absolute Gasteiger partial charge is 0.378 e. The minimum atomic E-state index is -1.19. The van der Waals surface area contributed by atoms with Crippen molar-refractivity contribution in [3.05, 3.63) is 71.3 Å². The Bertz CT molecular complexity index is 612. The van der Waals surface area contributed by atoms with Crippen LogP contribution >= 0.6 is 0 Å². The molecule has 0 aliphatic carbocycles. The fourth-order valence-electron chi connectivity index (χ4n) is 2.26. The molecule has 3 rings (SSSR count). The number of carbonyl (C=O) groups is 1. The molecular weight excluding hydrogens is 254 g/mol. The standard InChI is InChI=1S/C16H15NO3/c18-15(12-6-2-1-3-7-12)16(19)17-10-13-8-4-5-9-14(13)11-20-17/h1-9,15,18H,10-11H2. The van der Waals surface area contributed by atoms with Gasteiger partial charge in [0.15, 0.2) is 6.10 Å². The average molecular weight is 269 g/mol. The number of aliphatic hydroxyl groups excluding tert-OH is 1. The van der Waals surface area contributed by atoms with E-state index in [-0.39, 0.29) is 0 Å². The van der Waals surface area contributed by atoms with Gasteiger partial charge in [-0.05, 0) is 16.7 Å². The van der Waals surface area contributed by atoms with Gasteiger partial charge in [-0.3, -0.25) is 9.63 Å². The first kappa shape index (κ1) is 12.8. The number of aliphatic hydroxyl groups is 1. The van der Waals surface area contributed by atoms with Gasteiger partial charge in [0, 0.05) is 0 Å². The first-order valence-electron chi connectivity index (χ1n) is 6.50. The molecule has 1 atom stereocenters. The summed E-state index contributed by atoms with van der Waals surface area (Å²) in [5.41, 5.74) is 2.69. The van der Waals surface area contributed by atoms with E-state index < -0.39 is 12.0 Å². The normalized spacial score (nSPS) is 15.6. The summed E-state index contributed by atoms with van der Waals surface area (Å²) in [5, 5.41) is 11.4. The quantitative estimate of drug-likeness (QED) is 0.909. The molecule has 0 radical (unpaired) electrons. The van der Waals surface area contributed by atoms with Crippen LogP contribution < -0.4 is 0 Å². The summed E-state index contributed by atoms with van der Waals surface area (Å²) in [4.78, 5) is 17.7. The molecule has 0 fully saturated rings. The fourth-order valence-corrected chi connectivity index (χ4v) is 2.26. The molecule has 0 spiro atoms. The fraction of sp³-hybridized carbons (Fsp3) is 0.188. The zero-order valence-electron chi connectivity index (χ0n) is 10.9. The van der Waals surface area contributed by atoms with Crippen molar-refractivity contribution in [2.75, 3.05) is 0 Å². The predicted octanol–water partition coefficient (Wildman–Crippen LogP) is 2.19. The van der Waals surface area contributed by atoms with E-state index >= 15 is 0 Å². The van der Waals surface area contributed by atoms with E-state index in [0.717, 1.165) is 11.1 Å². The van der Waals surface area contributed by atoms with Crippen LogP contribution in [0.4, 0.5) is 0 Å². The van der Waals surface area contributed by atoms with Gasteiger partial charge in [-0.25, -0.2) is 5.06 Å². The lowest BCUT2D eigenvalue weighted by Gasteiger charge is -2.29. The molecule has 2 aromatic carbocycles. The zero-order chi connectivity index (χ0) is 13.9. The van der Waals surface area contributed by atoms with Crippen LogP contribution in [-0.2, 0) is 22.8 Å². The van der Waals surface area contributed by atoms with Crippen LogP contribution in [0.3, 0.4) is 0 Å². The van der Waals surface area contributed by atoms with Crippen LogP contribution in [0.15, 0.2) is 54.6 Å². The smallest absolute Gasteiger partial charge is 0.279 e. The third kappa shape index (κ3) is 2.43. The van der Waals surface area contributed by atoms with E-state index in [0.29, 0.717) is 18.7 Å². The summed E-state index contributed by atoms with van der Waals surface area (Å²) < 4.78 is 0. The van der Waals surface area contributed by atoms with E-state index in [4.69, 9.17) is 4.84 Å². The van der Waals surface area contributed by atoms with Crippen LogP contribution in [0.1, 0.15) is 22.8 Å². The summed E-state index contributed by atoms with van der Waals surface area (Å²) in [6.45, 7) is 0.711. The van der Waals surface area contributed by atoms with Gasteiger partial charge in [0.25, 0.3) is 5.91 Å². The van der Waals surface area contributed by atoms with Crippen molar-refractivity contribution >= 4 is 5.91 Å². The van der Waals surface area contributed by atoms with Crippen molar-refractivity contribution in [2.45, 2.75) is 19.3 Å². The Morgan fingerprint density at radius 2 is 1.70 bits per heavy atom. The highest BCUT2D eigenvalue weighted by Crippen LogP contribution is 2.23. The Kier molecular flexibility index (Phi) is 3.50. The molecule has 1 amide bonds. The first-order valence-corrected chi connectivity index (χ1v) is 6.50. The summed E-state index contributed by atoms with van der Waals surface area (Å²) in [7, 11) is 0. The molecule has 1 N–H and O–H groups in total. The van der Waals surface area contributed by atoms with Crippen molar-refractivity contribution in [1.29, 1.82) is 0 Å². The lowest BCUT2D eigenvalue weighted by molar-refractivity contribution is -0.209. The van der Waals surface area contributed by atoms with Gasteiger partial charge in [-0.15, -0.1) is 0 Å². The lowest BCUT2D eigenvalue weighted by atomic mass is 10.1. The molecule has 4 heteroatoms. The number of fused-ring (bicyclic) bond motifs is 1. The molecule has 4 nitrogen and oxygen atoms in total. The van der Waals surface area contributed by atoms with Crippen LogP contribution in [0.5, 0.6) is 0 Å². The number of hydrogen-bond donors (Lipinski definition) is 1. The average Bonchev–Trinajstić information content (AvgIpc) is 2.54. The maximum absolute atomic E-state index is 12.3. The van der Waals surface area contributed by atoms with Gasteiger partial charge in [-0.1, -0.05) is 54.6 Å². The summed E-state index contributed by atoms with van der Waals surface area (Å²) >= 11 is 0. The molecule has 1 unspecified atom stereocenters. The van der Waals surface area contributed by atoms with Crippen LogP contribution in [0.25, 0.3) is 0 Å². The Morgan fingerprint density at radius 3 is 2.45 bits per heavy atom. The topological polar surface area (TPSA) is 49.8 Å². The monoisotopic (exact) mass is 269 g/mol. The highest BCUT2D eigenvalue weighted by molar-refractivity contribution is 5.81. The second kappa shape index (κ2) is 5.45. The van der Waals surface area contributed by atoms with Crippen LogP contribution in [0.2, 0.25) is 0 Å². The number of amides is 1. The van der Waals surface area contributed by atoms with Crippen molar-refractivity contribution in [2.24, 2.45) is 0 Å². The molecule has 20 heavy (non-hydrogen) atoms. The molecule has 1 aliphatic rings. The lowest BCUT2D eigenvalue weighted by Crippen LogP contribution is -2.37. The minimum absolute atomic E-state index is 0.351. The summed E-state index contributed by atoms with van der Waals surface area (Å²) in [6, 6.07) is 16.7. The highest BCUT2D eigenvalue weighted by Gasteiger charge is 2.27. The second-order valence-corrected chi connectivity index (χ2v) is 4.73. The summed E-state index contributed by atoms with van der Waals surface area (Å²) in [5.74, 6) is -0.439. The van der Waals surface area contributed by atoms with Gasteiger partial charge < -0.3 is 5.11 Å². The van der Waals surface area contributed by atoms with Crippen LogP contribution in [0, 0.1) is 0 Å². The molecule has 1 heterocycles. The van der Waals surface area contributed by atoms with Crippen LogP contribution in [-0.4, -0.2) is 16.1 Å². The van der Waals surface area contributed by atoms with Crippen molar-refractivity contribution in [1.82, 2.24) is 5.06 Å². The predicted molar refractivity (Wildman–Crippen MR) is 73.2 cm³/mol. The molecule has 0 saturated heterocycles. The molecule has 0 saturated carbocycles. The van der Waals surface area contributed by atoms with Crippen molar-refractivity contribution < 1.29 is 14.7 Å². The minimum Gasteiger partial charge on any atom is -0.378 e. The Morgan fingerprint density at radius 1 is 1.05 bits per heavy atom. The molecule has 2 aromatic rings. The van der Waals surface area contributed by atoms with E-state index in [1.807, 2.05) is 30.3 Å². The maximum Gasteiger partial charge on any atom is 0.279 e. The number of rotatable bonds is 2. The van der Waals surface area contributed by atoms with Gasteiger partial charge in [0.05, 0.1) is 6.54 Å². The molecule has 0 bridgehead atoms. The molecule has 0 aromatic heterocycles. The van der Waals surface area contributed by atoms with Crippen molar-refractivity contribution in [3.63, 3.8) is 0 Å². The third-order valence-electron chi connectivity index (χ3n) is 3.40. The second-order valence-electron chi connectivity index (χ2n) is 4.73. The van der Waals surface area contributed by atoms with Gasteiger partial charge in [-0.2, -0.15) is 0 Å². The number of benzene rings is 2. The summed E-state index contributed by atoms with van der Waals surface area (Å²) in [6.07, 6.45) is -1.19. The van der Waals surface area contributed by atoms with Gasteiger partial charge >= 0.3 is 0 Å². The van der Waals surface area contributed by atoms with Gasteiger partial charge in [0.1, 0.15) is 6.61 Å². The van der Waals surface area contributed by atoms with E-state index in [1.165, 1.54) is 5.06 Å². The number of hydroxylamine groups is 2. The van der Waals surface area contributed by atoms with E-state index in [9.17, 15) is 9.90 Å². The van der Waals surface area contributed by atoms with Gasteiger partial charge in [0.2, 0.25) is 0 Å². The molecule has 1 aliphatic heterocycles. The maximum atomic E-state index is 12.3. The SMILES string of the molecule is O=C(C(O)c1ccccc1)N1Cc2ccccc2CO1. The third-order valence-corrected chi connectivity index (χ3v) is 3.40. The first-order chi connectivity index (χ1) is 9.75. The number of carbonyl (C=O) groups excluding carboxylic acids is 1. The molecular formula is C16H15NO3. The zero-order valence-corrected chi connectivity index (χ0v) is 10.9. The Balaban J connectivity index is 1.76. The highest BCUT2D eigenvalue weighted by atomic mass is 16.7. The molecule has 102 valence electrons. The number of hydrogen-bond acceptors (Lipinski definition) is 3. The van der Waals surface area contributed by atoms with E-state index in [1.54, 1.807) is 24.3 Å².